The first-order valence-corrected chi connectivity index (χ1v) is 11.7. The topological polar surface area (TPSA) is 85.9 Å². The Kier molecular flexibility index (Phi) is 4.71. The lowest BCUT2D eigenvalue weighted by Crippen LogP contribution is -2.40. The highest BCUT2D eigenvalue weighted by atomic mass is 32.2. The van der Waals surface area contributed by atoms with Gasteiger partial charge in [-0.25, -0.2) is 0 Å². The molecule has 1 aliphatic carbocycles. The summed E-state index contributed by atoms with van der Waals surface area (Å²) in [5.74, 6) is 0.925. The van der Waals surface area contributed by atoms with Gasteiger partial charge in [0.25, 0.3) is 0 Å². The zero-order valence-corrected chi connectivity index (χ0v) is 18.3. The maximum atomic E-state index is 13.2. The Morgan fingerprint density at radius 3 is 2.68 bits per heavy atom. The first kappa shape index (κ1) is 20.0. The molecule has 7 nitrogen and oxygen atoms in total. The van der Waals surface area contributed by atoms with Gasteiger partial charge in [-0.15, -0.1) is 0 Å². The molecule has 2 aliphatic rings. The summed E-state index contributed by atoms with van der Waals surface area (Å²) < 4.78 is 35.0. The molecule has 3 aromatic rings. The van der Waals surface area contributed by atoms with Crippen molar-refractivity contribution in [2.24, 2.45) is 0 Å². The molecule has 0 bridgehead atoms. The van der Waals surface area contributed by atoms with Crippen LogP contribution in [0.4, 0.5) is 0 Å². The first-order chi connectivity index (χ1) is 14.9. The smallest absolute Gasteiger partial charge is 0.303 e. The zero-order valence-electron chi connectivity index (χ0n) is 17.4. The van der Waals surface area contributed by atoms with E-state index in [2.05, 4.69) is 4.98 Å². The highest BCUT2D eigenvalue weighted by Gasteiger charge is 2.36. The Morgan fingerprint density at radius 1 is 1.16 bits per heavy atom. The number of para-hydroxylation sites is 1. The number of aromatic amines is 1. The molecular formula is C23H25N3O4S. The number of hydrogen-bond donors (Lipinski definition) is 2. The van der Waals surface area contributed by atoms with Gasteiger partial charge in [-0.3, -0.25) is 4.31 Å². The number of hydrogen-bond acceptors (Lipinski definition) is 4. The largest absolute Gasteiger partial charge is 0.506 e. The summed E-state index contributed by atoms with van der Waals surface area (Å²) in [5, 5.41) is 11.0. The molecule has 0 amide bonds. The van der Waals surface area contributed by atoms with Gasteiger partial charge >= 0.3 is 10.2 Å². The summed E-state index contributed by atoms with van der Waals surface area (Å²) >= 11 is 0. The summed E-state index contributed by atoms with van der Waals surface area (Å²) in [6.45, 7) is 0. The maximum absolute atomic E-state index is 13.2. The molecule has 1 atom stereocenters. The number of phenolic OH excluding ortho intramolecular Hbond substituents is 1. The predicted octanol–water partition coefficient (Wildman–Crippen LogP) is 3.99. The molecule has 0 spiro atoms. The number of nitrogens with zero attached hydrogens (tertiary/aromatic N) is 2. The van der Waals surface area contributed by atoms with Crippen molar-refractivity contribution in [3.05, 3.63) is 65.5 Å². The molecule has 162 valence electrons. The van der Waals surface area contributed by atoms with E-state index in [0.717, 1.165) is 40.7 Å². The number of H-pyrrole nitrogens is 1. The fourth-order valence-corrected chi connectivity index (χ4v) is 5.25. The molecule has 1 unspecified atom stereocenters. The third-order valence-corrected chi connectivity index (χ3v) is 7.90. The Morgan fingerprint density at radius 2 is 1.97 bits per heavy atom. The van der Waals surface area contributed by atoms with E-state index >= 15 is 0 Å². The van der Waals surface area contributed by atoms with Crippen molar-refractivity contribution in [1.29, 1.82) is 0 Å². The van der Waals surface area contributed by atoms with E-state index < -0.39 is 16.3 Å². The number of aromatic hydroxyl groups is 1. The summed E-state index contributed by atoms with van der Waals surface area (Å²) in [5.41, 5.74) is 3.13. The molecule has 1 aromatic heterocycles. The van der Waals surface area contributed by atoms with Crippen LogP contribution in [0, 0.1) is 0 Å². The Bertz CT molecular complexity index is 1280. The van der Waals surface area contributed by atoms with Crippen molar-refractivity contribution in [2.45, 2.75) is 31.4 Å². The number of benzene rings is 2. The van der Waals surface area contributed by atoms with Crippen LogP contribution in [0.3, 0.4) is 0 Å². The number of phenols is 1. The predicted molar refractivity (Wildman–Crippen MR) is 120 cm³/mol. The van der Waals surface area contributed by atoms with Crippen molar-refractivity contribution in [1.82, 2.24) is 13.6 Å². The molecule has 1 saturated carbocycles. The fourth-order valence-electron chi connectivity index (χ4n) is 4.17. The second-order valence-electron chi connectivity index (χ2n) is 8.24. The van der Waals surface area contributed by atoms with Gasteiger partial charge in [0.05, 0.1) is 17.7 Å². The van der Waals surface area contributed by atoms with Crippen LogP contribution in [0.25, 0.3) is 17.0 Å². The third-order valence-electron chi connectivity index (χ3n) is 6.11. The zero-order chi connectivity index (χ0) is 21.8. The van der Waals surface area contributed by atoms with Gasteiger partial charge in [0, 0.05) is 37.4 Å². The lowest BCUT2D eigenvalue weighted by Gasteiger charge is -2.36. The average molecular weight is 440 g/mol. The SMILES string of the molecule is CN(C)S(=O)(=O)N1C=Cc2cc(OC3CCC3)ccc2C1c1c[nH]c2c(O)cccc12. The number of aromatic nitrogens is 1. The van der Waals surface area contributed by atoms with E-state index in [1.54, 1.807) is 24.5 Å². The minimum absolute atomic E-state index is 0.126. The van der Waals surface area contributed by atoms with Gasteiger partial charge in [-0.2, -0.15) is 12.7 Å². The Balaban J connectivity index is 1.66. The van der Waals surface area contributed by atoms with E-state index in [4.69, 9.17) is 4.74 Å². The third kappa shape index (κ3) is 3.26. The molecule has 1 aliphatic heterocycles. The van der Waals surface area contributed by atoms with E-state index in [1.807, 2.05) is 30.3 Å². The van der Waals surface area contributed by atoms with Crippen molar-refractivity contribution in [2.75, 3.05) is 14.1 Å². The van der Waals surface area contributed by atoms with Crippen molar-refractivity contribution >= 4 is 27.2 Å². The lowest BCUT2D eigenvalue weighted by atomic mass is 9.91. The summed E-state index contributed by atoms with van der Waals surface area (Å²) in [7, 11) is -0.708. The van der Waals surface area contributed by atoms with Gasteiger partial charge in [0.2, 0.25) is 0 Å². The van der Waals surface area contributed by atoms with Crippen LogP contribution in [-0.4, -0.2) is 47.3 Å². The van der Waals surface area contributed by atoms with Crippen LogP contribution in [-0.2, 0) is 10.2 Å². The number of ether oxygens (including phenoxy) is 1. The number of fused-ring (bicyclic) bond motifs is 2. The first-order valence-electron chi connectivity index (χ1n) is 10.3. The Labute approximate surface area is 181 Å². The van der Waals surface area contributed by atoms with Crippen molar-refractivity contribution in [3.63, 3.8) is 0 Å². The van der Waals surface area contributed by atoms with Gasteiger partial charge in [-0.05, 0) is 54.7 Å². The van der Waals surface area contributed by atoms with Crippen LogP contribution in [0.2, 0.25) is 0 Å². The number of rotatable bonds is 5. The molecule has 0 radical (unpaired) electrons. The monoisotopic (exact) mass is 439 g/mol. The van der Waals surface area contributed by atoms with Crippen LogP contribution in [0.15, 0.2) is 48.8 Å². The normalized spacial score (nSPS) is 18.9. The molecular weight excluding hydrogens is 414 g/mol. The lowest BCUT2D eigenvalue weighted by molar-refractivity contribution is 0.120. The summed E-state index contributed by atoms with van der Waals surface area (Å²) in [4.78, 5) is 3.10. The molecule has 8 heteroatoms. The van der Waals surface area contributed by atoms with E-state index in [9.17, 15) is 13.5 Å². The Hall–Kier alpha value is -2.97. The molecule has 0 saturated heterocycles. The van der Waals surface area contributed by atoms with Gasteiger partial charge in [0.1, 0.15) is 11.5 Å². The molecule has 5 rings (SSSR count). The molecule has 2 N–H and O–H groups in total. The van der Waals surface area contributed by atoms with Crippen molar-refractivity contribution < 1.29 is 18.3 Å². The van der Waals surface area contributed by atoms with Crippen LogP contribution < -0.4 is 4.74 Å². The quantitative estimate of drug-likeness (QED) is 0.630. The second kappa shape index (κ2) is 7.32. The number of nitrogens with one attached hydrogen (secondary N) is 1. The fraction of sp³-hybridized carbons (Fsp3) is 0.304. The van der Waals surface area contributed by atoms with Gasteiger partial charge in [0.15, 0.2) is 0 Å². The molecule has 2 aromatic carbocycles. The maximum Gasteiger partial charge on any atom is 0.303 e. The highest BCUT2D eigenvalue weighted by molar-refractivity contribution is 7.86. The van der Waals surface area contributed by atoms with Crippen LogP contribution >= 0.6 is 0 Å². The van der Waals surface area contributed by atoms with Gasteiger partial charge in [-0.1, -0.05) is 18.2 Å². The summed E-state index contributed by atoms with van der Waals surface area (Å²) in [6.07, 6.45) is 8.80. The van der Waals surface area contributed by atoms with Crippen LogP contribution in [0.5, 0.6) is 11.5 Å². The minimum atomic E-state index is -3.75. The van der Waals surface area contributed by atoms with Crippen molar-refractivity contribution in [3.8, 4) is 11.5 Å². The molecule has 2 heterocycles. The summed E-state index contributed by atoms with van der Waals surface area (Å²) in [6, 6.07) is 10.5. The van der Waals surface area contributed by atoms with Crippen LogP contribution in [0.1, 0.15) is 42.0 Å². The van der Waals surface area contributed by atoms with E-state index in [-0.39, 0.29) is 11.9 Å². The van der Waals surface area contributed by atoms with Gasteiger partial charge < -0.3 is 14.8 Å². The minimum Gasteiger partial charge on any atom is -0.506 e. The molecule has 1 fully saturated rings. The standard InChI is InChI=1S/C23H25N3O4S/c1-25(2)31(28,29)26-12-11-15-13-17(30-16-5-3-6-16)9-10-18(15)23(26)20-14-24-22-19(20)7-4-8-21(22)27/h4,7-14,16,23-24,27H,3,5-6H2,1-2H3. The van der Waals surface area contributed by atoms with E-state index in [0.29, 0.717) is 5.52 Å². The average Bonchev–Trinajstić information content (AvgIpc) is 3.14. The van der Waals surface area contributed by atoms with E-state index in [1.165, 1.54) is 29.1 Å². The second-order valence-corrected chi connectivity index (χ2v) is 10.3. The highest BCUT2D eigenvalue weighted by Crippen LogP contribution is 2.42. The molecule has 31 heavy (non-hydrogen) atoms.